The molecule has 0 bridgehead atoms. The molecule has 1 aromatic carbocycles. The van der Waals surface area contributed by atoms with Crippen LogP contribution >= 0.6 is 38.6 Å². The molecule has 2 heterocycles. The van der Waals surface area contributed by atoms with Gasteiger partial charge in [0.1, 0.15) is 10.8 Å². The van der Waals surface area contributed by atoms with Crippen molar-refractivity contribution in [2.24, 2.45) is 0 Å². The number of aromatic nitrogens is 2. The quantitative estimate of drug-likeness (QED) is 0.617. The van der Waals surface area contributed by atoms with Crippen LogP contribution in [0, 0.1) is 5.82 Å². The van der Waals surface area contributed by atoms with E-state index >= 15 is 0 Å². The number of hydrogen-bond donors (Lipinski definition) is 1. The van der Waals surface area contributed by atoms with Gasteiger partial charge in [0.2, 0.25) is 5.01 Å². The summed E-state index contributed by atoms with van der Waals surface area (Å²) >= 11 is 6.36. The molecule has 0 aliphatic heterocycles. The maximum absolute atomic E-state index is 12.9. The molecule has 1 N–H and O–H groups in total. The fraction of sp³-hybridized carbons (Fsp3) is 0.188. The maximum atomic E-state index is 12.9. The first kappa shape index (κ1) is 18.1. The molecule has 5 nitrogen and oxygen atoms in total. The highest BCUT2D eigenvalue weighted by Gasteiger charge is 2.14. The second kappa shape index (κ2) is 8.13. The number of hydrogen-bond acceptors (Lipinski definition) is 6. The Hall–Kier alpha value is -1.68. The highest BCUT2D eigenvalue weighted by Crippen LogP contribution is 2.22. The molecule has 3 rings (SSSR count). The van der Waals surface area contributed by atoms with Crippen molar-refractivity contribution in [2.75, 3.05) is 12.4 Å². The van der Waals surface area contributed by atoms with Crippen LogP contribution in [-0.2, 0) is 13.1 Å². The summed E-state index contributed by atoms with van der Waals surface area (Å²) in [7, 11) is 1.99. The molecule has 1 amide bonds. The van der Waals surface area contributed by atoms with E-state index in [-0.39, 0.29) is 16.7 Å². The van der Waals surface area contributed by atoms with Gasteiger partial charge in [-0.05, 0) is 64.3 Å². The standard InChI is InChI=1S/C16H14BrFN4OS2/c1-22(7-10-6-13(17)24-9-10)8-14-20-21-16(25-14)15(23)19-12-4-2-11(18)3-5-12/h2-6,9H,7-8H2,1H3,(H,19,23). The average Bonchev–Trinajstić information content (AvgIpc) is 3.19. The molecule has 0 aliphatic carbocycles. The number of benzene rings is 1. The minimum Gasteiger partial charge on any atom is -0.320 e. The Morgan fingerprint density at radius 1 is 1.28 bits per heavy atom. The van der Waals surface area contributed by atoms with E-state index in [0.29, 0.717) is 12.2 Å². The third-order valence-electron chi connectivity index (χ3n) is 3.24. The van der Waals surface area contributed by atoms with E-state index in [1.54, 1.807) is 11.3 Å². The van der Waals surface area contributed by atoms with E-state index in [1.165, 1.54) is 41.2 Å². The molecule has 130 valence electrons. The number of anilines is 1. The molecule has 0 atom stereocenters. The largest absolute Gasteiger partial charge is 0.320 e. The van der Waals surface area contributed by atoms with Gasteiger partial charge in [-0.3, -0.25) is 9.69 Å². The van der Waals surface area contributed by atoms with Crippen molar-refractivity contribution in [3.8, 4) is 0 Å². The number of carbonyl (C=O) groups excluding carboxylic acids is 1. The summed E-state index contributed by atoms with van der Waals surface area (Å²) in [6.45, 7) is 1.40. The van der Waals surface area contributed by atoms with E-state index < -0.39 is 0 Å². The van der Waals surface area contributed by atoms with E-state index in [4.69, 9.17) is 0 Å². The maximum Gasteiger partial charge on any atom is 0.286 e. The molecule has 0 aliphatic rings. The molecule has 0 fully saturated rings. The van der Waals surface area contributed by atoms with Gasteiger partial charge in [0.15, 0.2) is 0 Å². The zero-order chi connectivity index (χ0) is 17.8. The van der Waals surface area contributed by atoms with Crippen LogP contribution in [-0.4, -0.2) is 28.1 Å². The summed E-state index contributed by atoms with van der Waals surface area (Å²) < 4.78 is 14.0. The minimum absolute atomic E-state index is 0.283. The predicted octanol–water partition coefficient (Wildman–Crippen LogP) is 4.39. The van der Waals surface area contributed by atoms with Gasteiger partial charge in [-0.2, -0.15) is 0 Å². The lowest BCUT2D eigenvalue weighted by Gasteiger charge is -2.13. The van der Waals surface area contributed by atoms with Gasteiger partial charge in [0.25, 0.3) is 5.91 Å². The van der Waals surface area contributed by atoms with Crippen LogP contribution in [0.5, 0.6) is 0 Å². The monoisotopic (exact) mass is 440 g/mol. The van der Waals surface area contributed by atoms with Crippen LogP contribution in [0.2, 0.25) is 0 Å². The molecular formula is C16H14BrFN4OS2. The first-order valence-electron chi connectivity index (χ1n) is 7.30. The highest BCUT2D eigenvalue weighted by atomic mass is 79.9. The van der Waals surface area contributed by atoms with E-state index in [9.17, 15) is 9.18 Å². The lowest BCUT2D eigenvalue weighted by Crippen LogP contribution is -2.16. The van der Waals surface area contributed by atoms with Crippen LogP contribution in [0.1, 0.15) is 20.4 Å². The van der Waals surface area contributed by atoms with Gasteiger partial charge in [0, 0.05) is 12.2 Å². The van der Waals surface area contributed by atoms with Crippen molar-refractivity contribution in [1.82, 2.24) is 15.1 Å². The Kier molecular flexibility index (Phi) is 5.89. The molecule has 9 heteroatoms. The molecule has 0 saturated carbocycles. The first-order chi connectivity index (χ1) is 12.0. The Morgan fingerprint density at radius 3 is 2.72 bits per heavy atom. The normalized spacial score (nSPS) is 11.0. The van der Waals surface area contributed by atoms with E-state index in [2.05, 4.69) is 47.8 Å². The Labute approximate surface area is 160 Å². The van der Waals surface area contributed by atoms with Crippen molar-refractivity contribution in [3.05, 3.63) is 60.9 Å². The summed E-state index contributed by atoms with van der Waals surface area (Å²) in [4.78, 5) is 14.3. The van der Waals surface area contributed by atoms with Crippen molar-refractivity contribution in [1.29, 1.82) is 0 Å². The fourth-order valence-corrected chi connectivity index (χ4v) is 4.17. The number of halogens is 2. The molecular weight excluding hydrogens is 427 g/mol. The van der Waals surface area contributed by atoms with Crippen LogP contribution < -0.4 is 5.32 Å². The smallest absolute Gasteiger partial charge is 0.286 e. The zero-order valence-corrected chi connectivity index (χ0v) is 16.4. The molecule has 3 aromatic rings. The van der Waals surface area contributed by atoms with Gasteiger partial charge in [-0.25, -0.2) is 4.39 Å². The predicted molar refractivity (Wildman–Crippen MR) is 101 cm³/mol. The van der Waals surface area contributed by atoms with Crippen molar-refractivity contribution < 1.29 is 9.18 Å². The minimum atomic E-state index is -0.350. The third kappa shape index (κ3) is 5.15. The average molecular weight is 441 g/mol. The van der Waals surface area contributed by atoms with Crippen molar-refractivity contribution in [3.63, 3.8) is 0 Å². The lowest BCUT2D eigenvalue weighted by molar-refractivity contribution is 0.102. The second-order valence-corrected chi connectivity index (χ2v) is 8.75. The summed E-state index contributed by atoms with van der Waals surface area (Å²) in [5.74, 6) is -0.698. The lowest BCUT2D eigenvalue weighted by atomic mass is 10.3. The van der Waals surface area contributed by atoms with Crippen LogP contribution in [0.4, 0.5) is 10.1 Å². The fourth-order valence-electron chi connectivity index (χ4n) is 2.15. The van der Waals surface area contributed by atoms with E-state index in [0.717, 1.165) is 15.3 Å². The number of amides is 1. The highest BCUT2D eigenvalue weighted by molar-refractivity contribution is 9.11. The van der Waals surface area contributed by atoms with Gasteiger partial charge >= 0.3 is 0 Å². The molecule has 0 spiro atoms. The molecule has 0 radical (unpaired) electrons. The summed E-state index contributed by atoms with van der Waals surface area (Å²) in [5.41, 5.74) is 1.74. The molecule has 25 heavy (non-hydrogen) atoms. The van der Waals surface area contributed by atoms with Gasteiger partial charge in [0.05, 0.1) is 10.3 Å². The Morgan fingerprint density at radius 2 is 2.04 bits per heavy atom. The van der Waals surface area contributed by atoms with Crippen LogP contribution in [0.25, 0.3) is 0 Å². The molecule has 0 unspecified atom stereocenters. The van der Waals surface area contributed by atoms with Crippen LogP contribution in [0.3, 0.4) is 0 Å². The number of thiophene rings is 1. The number of rotatable bonds is 6. The second-order valence-electron chi connectivity index (χ2n) is 5.39. The van der Waals surface area contributed by atoms with E-state index in [1.807, 2.05) is 7.05 Å². The SMILES string of the molecule is CN(Cc1csc(Br)c1)Cc1nnc(C(=O)Nc2ccc(F)cc2)s1. The summed E-state index contributed by atoms with van der Waals surface area (Å²) in [5, 5.41) is 13.9. The summed E-state index contributed by atoms with van der Waals surface area (Å²) in [6.07, 6.45) is 0. The van der Waals surface area contributed by atoms with Gasteiger partial charge in [-0.1, -0.05) is 11.3 Å². The van der Waals surface area contributed by atoms with Crippen molar-refractivity contribution in [2.45, 2.75) is 13.1 Å². The molecule has 0 saturated heterocycles. The first-order valence-corrected chi connectivity index (χ1v) is 9.79. The van der Waals surface area contributed by atoms with Crippen molar-refractivity contribution >= 4 is 50.2 Å². The number of nitrogens with one attached hydrogen (secondary N) is 1. The molecule has 2 aromatic heterocycles. The number of carbonyl (C=O) groups is 1. The Bertz CT molecular complexity index is 865. The topological polar surface area (TPSA) is 58.1 Å². The Balaban J connectivity index is 1.57. The van der Waals surface area contributed by atoms with Gasteiger partial charge < -0.3 is 5.32 Å². The zero-order valence-electron chi connectivity index (χ0n) is 13.2. The van der Waals surface area contributed by atoms with Crippen LogP contribution in [0.15, 0.2) is 39.5 Å². The third-order valence-corrected chi connectivity index (χ3v) is 5.70. The number of nitrogens with zero attached hydrogens (tertiary/aromatic N) is 3. The summed E-state index contributed by atoms with van der Waals surface area (Å²) in [6, 6.07) is 7.67. The van der Waals surface area contributed by atoms with Gasteiger partial charge in [-0.15, -0.1) is 21.5 Å².